The molecule has 0 fully saturated rings. The number of aliphatic imine (C=N–C) groups is 1. The lowest BCUT2D eigenvalue weighted by atomic mass is 10.1. The average molecular weight is 416 g/mol. The van der Waals surface area contributed by atoms with Crippen LogP contribution in [-0.2, 0) is 25.9 Å². The quantitative estimate of drug-likeness (QED) is 0.283. The molecule has 9 heteroatoms. The number of hydrogen-bond donors (Lipinski definition) is 2. The van der Waals surface area contributed by atoms with Gasteiger partial charge in [0.1, 0.15) is 22.2 Å². The van der Waals surface area contributed by atoms with Crippen molar-refractivity contribution in [1.82, 2.24) is 10.6 Å². The van der Waals surface area contributed by atoms with Crippen molar-refractivity contribution in [3.05, 3.63) is 29.3 Å². The predicted molar refractivity (Wildman–Crippen MR) is 112 cm³/mol. The minimum absolute atomic E-state index is 0.0282. The first-order valence-corrected chi connectivity index (χ1v) is 11.4. The molecule has 0 radical (unpaired) electrons. The molecular weight excluding hydrogens is 382 g/mol. The second kappa shape index (κ2) is 13.4. The van der Waals surface area contributed by atoms with E-state index >= 15 is 0 Å². The van der Waals surface area contributed by atoms with Crippen LogP contribution in [-0.4, -0.2) is 73.0 Å². The van der Waals surface area contributed by atoms with Crippen LogP contribution in [0.25, 0.3) is 0 Å². The van der Waals surface area contributed by atoms with Gasteiger partial charge < -0.3 is 24.8 Å². The van der Waals surface area contributed by atoms with Crippen LogP contribution in [0.15, 0.2) is 23.2 Å². The summed E-state index contributed by atoms with van der Waals surface area (Å²) < 4.78 is 38.3. The van der Waals surface area contributed by atoms with Crippen molar-refractivity contribution >= 4 is 15.8 Å². The van der Waals surface area contributed by atoms with Crippen LogP contribution in [0.5, 0.6) is 5.75 Å². The van der Waals surface area contributed by atoms with Gasteiger partial charge in [0.25, 0.3) is 0 Å². The zero-order chi connectivity index (χ0) is 20.8. The van der Waals surface area contributed by atoms with Crippen molar-refractivity contribution in [2.75, 3.05) is 58.6 Å². The Balaban J connectivity index is 2.56. The average Bonchev–Trinajstić information content (AvgIpc) is 2.63. The minimum Gasteiger partial charge on any atom is -0.491 e. The van der Waals surface area contributed by atoms with E-state index in [-0.39, 0.29) is 12.4 Å². The van der Waals surface area contributed by atoms with Crippen molar-refractivity contribution in [3.8, 4) is 5.75 Å². The van der Waals surface area contributed by atoms with Gasteiger partial charge in [-0.25, -0.2) is 13.4 Å². The molecule has 2 N–H and O–H groups in total. The molecule has 0 aliphatic heterocycles. The fourth-order valence-electron chi connectivity index (χ4n) is 2.22. The van der Waals surface area contributed by atoms with Gasteiger partial charge >= 0.3 is 0 Å². The van der Waals surface area contributed by atoms with E-state index in [1.807, 2.05) is 32.0 Å². The first-order valence-electron chi connectivity index (χ1n) is 9.34. The number of sulfone groups is 1. The molecule has 0 aromatic heterocycles. The molecule has 0 saturated carbocycles. The Morgan fingerprint density at radius 1 is 1.14 bits per heavy atom. The molecule has 0 unspecified atom stereocenters. The van der Waals surface area contributed by atoms with Gasteiger partial charge in [0.05, 0.1) is 32.1 Å². The third-order valence-electron chi connectivity index (χ3n) is 3.66. The van der Waals surface area contributed by atoms with E-state index in [4.69, 9.17) is 14.2 Å². The van der Waals surface area contributed by atoms with Crippen LogP contribution < -0.4 is 15.4 Å². The number of rotatable bonds is 13. The first kappa shape index (κ1) is 24.2. The van der Waals surface area contributed by atoms with Crippen molar-refractivity contribution in [2.45, 2.75) is 20.4 Å². The third-order valence-corrected chi connectivity index (χ3v) is 4.56. The number of guanidine groups is 1. The summed E-state index contributed by atoms with van der Waals surface area (Å²) in [5, 5.41) is 6.35. The number of hydrogen-bond acceptors (Lipinski definition) is 6. The molecule has 0 amide bonds. The highest BCUT2D eigenvalue weighted by atomic mass is 32.2. The summed E-state index contributed by atoms with van der Waals surface area (Å²) in [4.78, 5) is 4.59. The van der Waals surface area contributed by atoms with Crippen LogP contribution in [0.2, 0.25) is 0 Å². The van der Waals surface area contributed by atoms with Crippen LogP contribution >= 0.6 is 0 Å². The summed E-state index contributed by atoms with van der Waals surface area (Å²) >= 11 is 0. The zero-order valence-electron chi connectivity index (χ0n) is 17.3. The highest BCUT2D eigenvalue weighted by Crippen LogP contribution is 2.21. The molecule has 0 aliphatic rings. The van der Waals surface area contributed by atoms with E-state index in [1.165, 1.54) is 6.26 Å². The van der Waals surface area contributed by atoms with Crippen molar-refractivity contribution in [1.29, 1.82) is 0 Å². The van der Waals surface area contributed by atoms with E-state index in [0.717, 1.165) is 23.4 Å². The minimum atomic E-state index is -2.99. The maximum Gasteiger partial charge on any atom is 0.191 e. The van der Waals surface area contributed by atoms with Crippen LogP contribution in [0, 0.1) is 6.92 Å². The fourth-order valence-corrected chi connectivity index (χ4v) is 2.64. The smallest absolute Gasteiger partial charge is 0.191 e. The number of aryl methyl sites for hydroxylation is 1. The Morgan fingerprint density at radius 3 is 2.61 bits per heavy atom. The molecule has 1 aromatic rings. The summed E-state index contributed by atoms with van der Waals surface area (Å²) in [6.07, 6.45) is 1.20. The number of methoxy groups -OCH3 is 1. The second-order valence-corrected chi connectivity index (χ2v) is 8.58. The second-order valence-electron chi connectivity index (χ2n) is 6.32. The number of ether oxygens (including phenoxy) is 3. The Hall–Kier alpha value is -1.84. The maximum atomic E-state index is 11.1. The van der Waals surface area contributed by atoms with E-state index < -0.39 is 9.84 Å². The molecule has 0 heterocycles. The molecule has 0 atom stereocenters. The standard InChI is InChI=1S/C19H33N3O5S/c1-5-20-19(21-8-9-26-12-13-28(4,23)24)22-15-17-7-6-16(2)14-18(17)27-11-10-25-3/h6-7,14H,5,8-13,15H2,1-4H3,(H2,20,21,22). The van der Waals surface area contributed by atoms with Gasteiger partial charge in [0.2, 0.25) is 0 Å². The Labute approximate surface area is 168 Å². The summed E-state index contributed by atoms with van der Waals surface area (Å²) in [6, 6.07) is 6.04. The van der Waals surface area contributed by atoms with Gasteiger partial charge in [-0.15, -0.1) is 0 Å². The number of benzene rings is 1. The molecule has 1 rings (SSSR count). The van der Waals surface area contributed by atoms with E-state index in [0.29, 0.717) is 38.9 Å². The molecule has 8 nitrogen and oxygen atoms in total. The van der Waals surface area contributed by atoms with Gasteiger partial charge in [0.15, 0.2) is 5.96 Å². The summed E-state index contributed by atoms with van der Waals surface area (Å²) in [7, 11) is -1.35. The highest BCUT2D eigenvalue weighted by molar-refractivity contribution is 7.90. The van der Waals surface area contributed by atoms with Crippen molar-refractivity contribution in [3.63, 3.8) is 0 Å². The molecule has 160 valence electrons. The Bertz CT molecular complexity index is 708. The molecule has 0 spiro atoms. The van der Waals surface area contributed by atoms with Gasteiger partial charge in [-0.1, -0.05) is 12.1 Å². The molecule has 0 saturated heterocycles. The first-order chi connectivity index (χ1) is 13.4. The summed E-state index contributed by atoms with van der Waals surface area (Å²) in [5.74, 6) is 1.50. The monoisotopic (exact) mass is 415 g/mol. The molecule has 0 aliphatic carbocycles. The van der Waals surface area contributed by atoms with E-state index in [9.17, 15) is 8.42 Å². The van der Waals surface area contributed by atoms with Crippen LogP contribution in [0.3, 0.4) is 0 Å². The van der Waals surface area contributed by atoms with Crippen LogP contribution in [0.4, 0.5) is 0 Å². The number of nitrogens with zero attached hydrogens (tertiary/aromatic N) is 1. The van der Waals surface area contributed by atoms with Crippen molar-refractivity contribution < 1.29 is 22.6 Å². The lowest BCUT2D eigenvalue weighted by molar-refractivity contribution is 0.145. The lowest BCUT2D eigenvalue weighted by Crippen LogP contribution is -2.39. The largest absolute Gasteiger partial charge is 0.491 e. The Kier molecular flexibility index (Phi) is 11.5. The topological polar surface area (TPSA) is 98.2 Å². The van der Waals surface area contributed by atoms with E-state index in [2.05, 4.69) is 15.6 Å². The maximum absolute atomic E-state index is 11.1. The zero-order valence-corrected chi connectivity index (χ0v) is 18.1. The molecular formula is C19H33N3O5S. The third kappa shape index (κ3) is 11.1. The summed E-state index contributed by atoms with van der Waals surface area (Å²) in [6.45, 7) is 7.34. The SMILES string of the molecule is CCNC(=NCc1ccc(C)cc1OCCOC)NCCOCCS(C)(=O)=O. The normalized spacial score (nSPS) is 12.1. The lowest BCUT2D eigenvalue weighted by Gasteiger charge is -2.13. The predicted octanol–water partition coefficient (Wildman–Crippen LogP) is 1.14. The highest BCUT2D eigenvalue weighted by Gasteiger charge is 2.06. The van der Waals surface area contributed by atoms with Gasteiger partial charge in [-0.3, -0.25) is 0 Å². The molecule has 28 heavy (non-hydrogen) atoms. The molecule has 1 aromatic carbocycles. The van der Waals surface area contributed by atoms with E-state index in [1.54, 1.807) is 7.11 Å². The summed E-state index contributed by atoms with van der Waals surface area (Å²) in [5.41, 5.74) is 2.11. The number of nitrogens with one attached hydrogen (secondary N) is 2. The van der Waals surface area contributed by atoms with Crippen molar-refractivity contribution in [2.24, 2.45) is 4.99 Å². The van der Waals surface area contributed by atoms with Gasteiger partial charge in [-0.05, 0) is 25.5 Å². The molecule has 0 bridgehead atoms. The van der Waals surface area contributed by atoms with Gasteiger partial charge in [0, 0.05) is 32.0 Å². The fraction of sp³-hybridized carbons (Fsp3) is 0.632. The van der Waals surface area contributed by atoms with Gasteiger partial charge in [-0.2, -0.15) is 0 Å². The Morgan fingerprint density at radius 2 is 1.93 bits per heavy atom. The van der Waals surface area contributed by atoms with Crippen LogP contribution in [0.1, 0.15) is 18.1 Å².